The Morgan fingerprint density at radius 2 is 1.94 bits per heavy atom. The first kappa shape index (κ1) is 14.2. The molecule has 0 amide bonds. The van der Waals surface area contributed by atoms with Gasteiger partial charge >= 0.3 is 0 Å². The number of alkyl halides is 1. The highest BCUT2D eigenvalue weighted by Crippen LogP contribution is 2.24. The van der Waals surface area contributed by atoms with Crippen LogP contribution in [0.3, 0.4) is 0 Å². The van der Waals surface area contributed by atoms with Gasteiger partial charge in [0.1, 0.15) is 0 Å². The Kier molecular flexibility index (Phi) is 5.51. The van der Waals surface area contributed by atoms with Crippen molar-refractivity contribution in [3.05, 3.63) is 16.4 Å². The normalized spacial score (nSPS) is 13.8. The van der Waals surface area contributed by atoms with Gasteiger partial charge < -0.3 is 0 Å². The smallest absolute Gasteiger partial charge is 0.0635 e. The van der Waals surface area contributed by atoms with Gasteiger partial charge in [0.2, 0.25) is 0 Å². The lowest BCUT2D eigenvalue weighted by Crippen LogP contribution is -2.12. The molecule has 0 spiro atoms. The first-order valence-electron chi connectivity index (χ1n) is 5.79. The van der Waals surface area contributed by atoms with E-state index >= 15 is 0 Å². The highest BCUT2D eigenvalue weighted by atomic mass is 79.9. The number of nitrogens with zero attached hydrogens (tertiary/aromatic N) is 2. The minimum absolute atomic E-state index is 0.425. The lowest BCUT2D eigenvalue weighted by molar-refractivity contribution is 0.495. The van der Waals surface area contributed by atoms with Crippen LogP contribution >= 0.6 is 31.9 Å². The van der Waals surface area contributed by atoms with Gasteiger partial charge in [-0.05, 0) is 48.5 Å². The summed E-state index contributed by atoms with van der Waals surface area (Å²) in [6.07, 6.45) is 4.11. The second kappa shape index (κ2) is 6.20. The van der Waals surface area contributed by atoms with Gasteiger partial charge in [0.25, 0.3) is 0 Å². The average Bonchev–Trinajstić information content (AvgIpc) is 2.56. The van der Waals surface area contributed by atoms with Gasteiger partial charge in [-0.3, -0.25) is 4.68 Å². The number of aromatic nitrogens is 2. The van der Waals surface area contributed by atoms with Crippen LogP contribution in [0.15, 0.2) is 10.7 Å². The van der Waals surface area contributed by atoms with Crippen LogP contribution in [-0.4, -0.2) is 14.6 Å². The molecule has 0 saturated carbocycles. The Hall–Kier alpha value is 0.170. The van der Waals surface area contributed by atoms with Crippen LogP contribution in [0.2, 0.25) is 0 Å². The third-order valence-electron chi connectivity index (χ3n) is 2.72. The molecule has 0 radical (unpaired) electrons. The Balaban J connectivity index is 2.69. The molecule has 16 heavy (non-hydrogen) atoms. The molecule has 92 valence electrons. The first-order chi connectivity index (χ1) is 7.43. The number of hydrogen-bond acceptors (Lipinski definition) is 1. The Morgan fingerprint density at radius 1 is 1.31 bits per heavy atom. The molecular formula is C12H20Br2N2. The molecule has 1 unspecified atom stereocenters. The Morgan fingerprint density at radius 3 is 2.44 bits per heavy atom. The fourth-order valence-electron chi connectivity index (χ4n) is 1.65. The van der Waals surface area contributed by atoms with Crippen molar-refractivity contribution in [2.75, 3.05) is 0 Å². The molecule has 1 atom stereocenters. The summed E-state index contributed by atoms with van der Waals surface area (Å²) < 4.78 is 3.23. The molecule has 4 heteroatoms. The van der Waals surface area contributed by atoms with Crippen molar-refractivity contribution in [2.24, 2.45) is 5.92 Å². The Labute approximate surface area is 115 Å². The molecule has 0 N–H and O–H groups in total. The average molecular weight is 352 g/mol. The van der Waals surface area contributed by atoms with E-state index in [0.29, 0.717) is 16.8 Å². The van der Waals surface area contributed by atoms with Crippen LogP contribution in [0.25, 0.3) is 0 Å². The van der Waals surface area contributed by atoms with E-state index in [1.807, 2.05) is 6.20 Å². The molecule has 0 aliphatic rings. The largest absolute Gasteiger partial charge is 0.266 e. The van der Waals surface area contributed by atoms with Crippen molar-refractivity contribution in [2.45, 2.75) is 51.4 Å². The van der Waals surface area contributed by atoms with E-state index in [-0.39, 0.29) is 0 Å². The summed E-state index contributed by atoms with van der Waals surface area (Å²) in [7, 11) is 0. The third kappa shape index (κ3) is 3.59. The zero-order valence-electron chi connectivity index (χ0n) is 10.4. The standard InChI is InChI=1S/C12H20Br2N2/c1-8(2)10(13)5-6-12-11(14)7-15-16(12)9(3)4/h7-10H,5-6H2,1-4H3. The maximum Gasteiger partial charge on any atom is 0.0635 e. The number of halogens is 2. The van der Waals surface area contributed by atoms with E-state index in [9.17, 15) is 0 Å². The summed E-state index contributed by atoms with van der Waals surface area (Å²) in [5.74, 6) is 0.675. The molecule has 0 bridgehead atoms. The van der Waals surface area contributed by atoms with Gasteiger partial charge in [0.05, 0.1) is 16.4 Å². The molecular weight excluding hydrogens is 332 g/mol. The molecule has 0 fully saturated rings. The summed E-state index contributed by atoms with van der Waals surface area (Å²) in [5, 5.41) is 4.39. The van der Waals surface area contributed by atoms with Gasteiger partial charge in [0, 0.05) is 10.9 Å². The highest BCUT2D eigenvalue weighted by molar-refractivity contribution is 9.10. The second-order valence-corrected chi connectivity index (χ2v) is 6.81. The molecule has 1 aromatic heterocycles. The minimum atomic E-state index is 0.425. The summed E-state index contributed by atoms with van der Waals surface area (Å²) in [4.78, 5) is 0.579. The first-order valence-corrected chi connectivity index (χ1v) is 7.50. The van der Waals surface area contributed by atoms with Crippen LogP contribution in [0.1, 0.15) is 45.9 Å². The zero-order valence-corrected chi connectivity index (χ0v) is 13.5. The van der Waals surface area contributed by atoms with Gasteiger partial charge in [-0.2, -0.15) is 5.10 Å². The minimum Gasteiger partial charge on any atom is -0.266 e. The van der Waals surface area contributed by atoms with Gasteiger partial charge in [-0.25, -0.2) is 0 Å². The zero-order chi connectivity index (χ0) is 12.3. The van der Waals surface area contributed by atoms with E-state index in [4.69, 9.17) is 0 Å². The van der Waals surface area contributed by atoms with E-state index < -0.39 is 0 Å². The highest BCUT2D eigenvalue weighted by Gasteiger charge is 2.14. The summed E-state index contributed by atoms with van der Waals surface area (Å²) in [6.45, 7) is 8.82. The third-order valence-corrected chi connectivity index (χ3v) is 4.89. The van der Waals surface area contributed by atoms with E-state index in [1.165, 1.54) is 5.69 Å². The molecule has 0 aliphatic carbocycles. The van der Waals surface area contributed by atoms with E-state index in [0.717, 1.165) is 17.3 Å². The van der Waals surface area contributed by atoms with Crippen LogP contribution in [-0.2, 0) is 6.42 Å². The SMILES string of the molecule is CC(C)C(Br)CCc1c(Br)cnn1C(C)C. The lowest BCUT2D eigenvalue weighted by atomic mass is 10.1. The van der Waals surface area contributed by atoms with Crippen LogP contribution in [0, 0.1) is 5.92 Å². The van der Waals surface area contributed by atoms with Crippen molar-refractivity contribution in [3.63, 3.8) is 0 Å². The maximum absolute atomic E-state index is 4.39. The quantitative estimate of drug-likeness (QED) is 0.710. The number of hydrogen-bond donors (Lipinski definition) is 0. The predicted molar refractivity (Wildman–Crippen MR) is 76.2 cm³/mol. The molecule has 1 rings (SSSR count). The van der Waals surface area contributed by atoms with Crippen LogP contribution in [0.5, 0.6) is 0 Å². The second-order valence-electron chi connectivity index (χ2n) is 4.78. The maximum atomic E-state index is 4.39. The summed E-state index contributed by atoms with van der Waals surface area (Å²) in [6, 6.07) is 0.425. The lowest BCUT2D eigenvalue weighted by Gasteiger charge is -2.15. The van der Waals surface area contributed by atoms with E-state index in [2.05, 4.69) is 69.3 Å². The fraction of sp³-hybridized carbons (Fsp3) is 0.750. The van der Waals surface area contributed by atoms with Gasteiger partial charge in [-0.1, -0.05) is 29.8 Å². The van der Waals surface area contributed by atoms with Crippen molar-refractivity contribution >= 4 is 31.9 Å². The predicted octanol–water partition coefficient (Wildman–Crippen LogP) is 4.58. The molecule has 0 aromatic carbocycles. The van der Waals surface area contributed by atoms with Crippen molar-refractivity contribution in [3.8, 4) is 0 Å². The Bertz CT molecular complexity index is 332. The van der Waals surface area contributed by atoms with E-state index in [1.54, 1.807) is 0 Å². The molecule has 1 heterocycles. The fourth-order valence-corrected chi connectivity index (χ4v) is 2.35. The molecule has 0 aliphatic heterocycles. The summed E-state index contributed by atoms with van der Waals surface area (Å²) >= 11 is 7.30. The summed E-state index contributed by atoms with van der Waals surface area (Å²) in [5.41, 5.74) is 1.31. The van der Waals surface area contributed by atoms with Crippen LogP contribution in [0.4, 0.5) is 0 Å². The van der Waals surface area contributed by atoms with Crippen molar-refractivity contribution in [1.29, 1.82) is 0 Å². The molecule has 0 saturated heterocycles. The topological polar surface area (TPSA) is 17.8 Å². The van der Waals surface area contributed by atoms with Gasteiger partial charge in [0.15, 0.2) is 0 Å². The monoisotopic (exact) mass is 350 g/mol. The van der Waals surface area contributed by atoms with Crippen LogP contribution < -0.4 is 0 Å². The number of rotatable bonds is 5. The van der Waals surface area contributed by atoms with Crippen molar-refractivity contribution in [1.82, 2.24) is 9.78 Å². The van der Waals surface area contributed by atoms with Crippen molar-refractivity contribution < 1.29 is 0 Å². The van der Waals surface area contributed by atoms with Gasteiger partial charge in [-0.15, -0.1) is 0 Å². The molecule has 1 aromatic rings. The molecule has 2 nitrogen and oxygen atoms in total.